The zero-order chi connectivity index (χ0) is 27.1. The van der Waals surface area contributed by atoms with Crippen LogP contribution in [0.2, 0.25) is 0 Å². The van der Waals surface area contributed by atoms with Gasteiger partial charge in [0.1, 0.15) is 23.5 Å². The quantitative estimate of drug-likeness (QED) is 0.243. The molecule has 0 saturated carbocycles. The average Bonchev–Trinajstić information content (AvgIpc) is 3.31. The van der Waals surface area contributed by atoms with Crippen LogP contribution in [0, 0.1) is 5.92 Å². The van der Waals surface area contributed by atoms with Crippen LogP contribution in [0.25, 0.3) is 10.9 Å². The Balaban J connectivity index is 1.82. The van der Waals surface area contributed by atoms with Crippen LogP contribution in [0.5, 0.6) is 5.75 Å². The number of ether oxygens (including phenoxy) is 1. The van der Waals surface area contributed by atoms with Crippen molar-refractivity contribution < 1.29 is 23.9 Å². The van der Waals surface area contributed by atoms with Gasteiger partial charge >= 0.3 is 0 Å². The number of ketones is 1. The Bertz CT molecular complexity index is 1360. The topological polar surface area (TPSA) is 162 Å². The predicted octanol–water partition coefficient (Wildman–Crippen LogP) is 1.05. The molecule has 2 aromatic heterocycles. The van der Waals surface area contributed by atoms with E-state index in [0.717, 1.165) is 10.9 Å². The summed E-state index contributed by atoms with van der Waals surface area (Å²) in [6.45, 7) is 3.77. The number of aromatic amines is 2. The van der Waals surface area contributed by atoms with Gasteiger partial charge in [-0.25, -0.2) is 0 Å². The van der Waals surface area contributed by atoms with E-state index in [2.05, 4.69) is 25.9 Å². The molecular formula is C26H31N5O6. The second kappa shape index (κ2) is 12.0. The number of Topliss-reactive ketones (excluding diaryl/α,β-unsaturated/α-hetero) is 1. The molecule has 5 N–H and O–H groups in total. The highest BCUT2D eigenvalue weighted by Gasteiger charge is 2.31. The summed E-state index contributed by atoms with van der Waals surface area (Å²) in [7, 11) is 2.85. The molecule has 0 aliphatic rings. The summed E-state index contributed by atoms with van der Waals surface area (Å²) in [6, 6.07) is 7.76. The molecule has 3 rings (SSSR count). The number of pyridine rings is 1. The largest absolute Gasteiger partial charge is 0.497 e. The van der Waals surface area contributed by atoms with E-state index in [1.807, 2.05) is 13.8 Å². The van der Waals surface area contributed by atoms with Gasteiger partial charge in [-0.15, -0.1) is 0 Å². The lowest BCUT2D eigenvalue weighted by molar-refractivity contribution is -0.140. The van der Waals surface area contributed by atoms with Crippen molar-refractivity contribution in [3.05, 3.63) is 64.2 Å². The zero-order valence-corrected chi connectivity index (χ0v) is 21.1. The van der Waals surface area contributed by atoms with Crippen LogP contribution in [0.15, 0.2) is 47.4 Å². The number of H-pyrrole nitrogens is 2. The Morgan fingerprint density at radius 1 is 1.03 bits per heavy atom. The van der Waals surface area contributed by atoms with E-state index in [9.17, 15) is 24.0 Å². The van der Waals surface area contributed by atoms with Crippen molar-refractivity contribution in [2.24, 2.45) is 5.92 Å². The van der Waals surface area contributed by atoms with Crippen LogP contribution in [-0.2, 0) is 20.8 Å². The Morgan fingerprint density at radius 3 is 2.43 bits per heavy atom. The summed E-state index contributed by atoms with van der Waals surface area (Å²) < 4.78 is 5.22. The summed E-state index contributed by atoms with van der Waals surface area (Å²) in [5, 5.41) is 8.30. The highest BCUT2D eigenvalue weighted by molar-refractivity contribution is 6.38. The SMILES string of the molecule is CNC(=O)C(=O)C(Cc1ccc[nH]c1=O)NC(=O)C(CC(C)C)NC(=O)c1cc2cc(OC)ccc2[nH]1. The Morgan fingerprint density at radius 2 is 1.78 bits per heavy atom. The van der Waals surface area contributed by atoms with Crippen LogP contribution in [0.4, 0.5) is 0 Å². The third kappa shape index (κ3) is 6.84. The lowest BCUT2D eigenvalue weighted by Crippen LogP contribution is -2.55. The molecular weight excluding hydrogens is 478 g/mol. The van der Waals surface area contributed by atoms with Gasteiger partial charge in [-0.1, -0.05) is 19.9 Å². The minimum absolute atomic E-state index is 0.0214. The van der Waals surface area contributed by atoms with Crippen LogP contribution in [-0.4, -0.2) is 59.7 Å². The molecule has 0 aliphatic heterocycles. The number of benzene rings is 1. The molecule has 0 aliphatic carbocycles. The number of nitrogens with one attached hydrogen (secondary N) is 5. The van der Waals surface area contributed by atoms with E-state index >= 15 is 0 Å². The first-order valence-corrected chi connectivity index (χ1v) is 11.8. The van der Waals surface area contributed by atoms with E-state index < -0.39 is 41.1 Å². The normalized spacial score (nSPS) is 12.6. The molecule has 1 aromatic carbocycles. The summed E-state index contributed by atoms with van der Waals surface area (Å²) in [4.78, 5) is 68.8. The van der Waals surface area contributed by atoms with Crippen molar-refractivity contribution in [1.29, 1.82) is 0 Å². The van der Waals surface area contributed by atoms with Crippen LogP contribution < -0.4 is 26.2 Å². The predicted molar refractivity (Wildman–Crippen MR) is 137 cm³/mol. The van der Waals surface area contributed by atoms with Crippen LogP contribution in [0.3, 0.4) is 0 Å². The van der Waals surface area contributed by atoms with E-state index in [0.29, 0.717) is 5.75 Å². The Hall–Kier alpha value is -4.41. The third-order valence-corrected chi connectivity index (χ3v) is 5.81. The maximum atomic E-state index is 13.3. The maximum Gasteiger partial charge on any atom is 0.289 e. The molecule has 0 radical (unpaired) electrons. The van der Waals surface area contributed by atoms with Gasteiger partial charge in [-0.3, -0.25) is 24.0 Å². The van der Waals surface area contributed by atoms with Gasteiger partial charge in [0.15, 0.2) is 0 Å². The van der Waals surface area contributed by atoms with Gasteiger partial charge in [-0.05, 0) is 42.7 Å². The molecule has 3 amide bonds. The van der Waals surface area contributed by atoms with Gasteiger partial charge in [-0.2, -0.15) is 0 Å². The number of rotatable bonds is 11. The fourth-order valence-electron chi connectivity index (χ4n) is 3.90. The first-order valence-electron chi connectivity index (χ1n) is 11.8. The molecule has 196 valence electrons. The minimum atomic E-state index is -1.30. The van der Waals surface area contributed by atoms with Crippen molar-refractivity contribution in [2.75, 3.05) is 14.2 Å². The maximum absolute atomic E-state index is 13.3. The molecule has 2 heterocycles. The van der Waals surface area contributed by atoms with Crippen molar-refractivity contribution in [3.63, 3.8) is 0 Å². The average molecular weight is 510 g/mol. The second-order valence-corrected chi connectivity index (χ2v) is 9.02. The van der Waals surface area contributed by atoms with E-state index in [-0.39, 0.29) is 30.0 Å². The fraction of sp³-hybridized carbons (Fsp3) is 0.346. The Kier molecular flexibility index (Phi) is 8.83. The zero-order valence-electron chi connectivity index (χ0n) is 21.1. The minimum Gasteiger partial charge on any atom is -0.497 e. The number of hydrogen-bond donors (Lipinski definition) is 5. The van der Waals surface area contributed by atoms with Gasteiger partial charge in [0, 0.05) is 36.1 Å². The molecule has 3 aromatic rings. The van der Waals surface area contributed by atoms with Gasteiger partial charge in [0.2, 0.25) is 11.7 Å². The molecule has 0 spiro atoms. The molecule has 0 saturated heterocycles. The lowest BCUT2D eigenvalue weighted by Gasteiger charge is -2.23. The first kappa shape index (κ1) is 27.2. The molecule has 0 bridgehead atoms. The highest BCUT2D eigenvalue weighted by Crippen LogP contribution is 2.21. The second-order valence-electron chi connectivity index (χ2n) is 9.02. The number of amides is 3. The molecule has 0 fully saturated rings. The number of carbonyl (C=O) groups excluding carboxylic acids is 4. The van der Waals surface area contributed by atoms with Crippen molar-refractivity contribution in [3.8, 4) is 5.75 Å². The number of methoxy groups -OCH3 is 1. The van der Waals surface area contributed by atoms with E-state index in [1.165, 1.54) is 19.3 Å². The molecule has 2 unspecified atom stereocenters. The number of hydrogen-bond acceptors (Lipinski definition) is 6. The van der Waals surface area contributed by atoms with E-state index in [4.69, 9.17) is 4.74 Å². The number of carbonyl (C=O) groups is 4. The summed E-state index contributed by atoms with van der Waals surface area (Å²) in [5.41, 5.74) is 0.760. The summed E-state index contributed by atoms with van der Waals surface area (Å²) in [6.07, 6.45) is 1.52. The summed E-state index contributed by atoms with van der Waals surface area (Å²) >= 11 is 0. The molecule has 37 heavy (non-hydrogen) atoms. The van der Waals surface area contributed by atoms with Gasteiger partial charge in [0.05, 0.1) is 7.11 Å². The lowest BCUT2D eigenvalue weighted by atomic mass is 9.99. The number of aromatic nitrogens is 2. The van der Waals surface area contributed by atoms with Crippen molar-refractivity contribution in [2.45, 2.75) is 38.8 Å². The molecule has 11 heteroatoms. The summed E-state index contributed by atoms with van der Waals surface area (Å²) in [5.74, 6) is -2.30. The number of fused-ring (bicyclic) bond motifs is 1. The first-order chi connectivity index (χ1) is 17.6. The standard InChI is InChI=1S/C26H31N5O6/c1-14(2)10-20(31-25(35)21-13-16-11-17(37-4)7-8-18(16)29-21)24(34)30-19(22(32)26(36)27-3)12-15-6-5-9-28-23(15)33/h5-9,11,13-14,19-20,29H,10,12H2,1-4H3,(H,27,36)(H,28,33)(H,30,34)(H,31,35). The Labute approximate surface area is 213 Å². The highest BCUT2D eigenvalue weighted by atomic mass is 16.5. The molecule has 2 atom stereocenters. The fourth-order valence-corrected chi connectivity index (χ4v) is 3.90. The van der Waals surface area contributed by atoms with Crippen LogP contribution in [0.1, 0.15) is 36.3 Å². The van der Waals surface area contributed by atoms with Gasteiger partial charge in [0.25, 0.3) is 17.4 Å². The smallest absolute Gasteiger partial charge is 0.289 e. The van der Waals surface area contributed by atoms with Crippen molar-refractivity contribution in [1.82, 2.24) is 25.9 Å². The molecule has 11 nitrogen and oxygen atoms in total. The van der Waals surface area contributed by atoms with Crippen LogP contribution >= 0.6 is 0 Å². The van der Waals surface area contributed by atoms with Gasteiger partial charge < -0.3 is 30.7 Å². The monoisotopic (exact) mass is 509 g/mol. The number of likely N-dealkylation sites (N-methyl/N-ethyl adjacent to an activating group) is 1. The third-order valence-electron chi connectivity index (χ3n) is 5.81. The van der Waals surface area contributed by atoms with Crippen molar-refractivity contribution >= 4 is 34.4 Å². The van der Waals surface area contributed by atoms with E-state index in [1.54, 1.807) is 37.4 Å².